The Bertz CT molecular complexity index is 1070. The van der Waals surface area contributed by atoms with E-state index in [4.69, 9.17) is 9.47 Å². The van der Waals surface area contributed by atoms with E-state index in [-0.39, 0.29) is 11.6 Å². The zero-order chi connectivity index (χ0) is 23.8. The van der Waals surface area contributed by atoms with Crippen LogP contribution >= 0.6 is 0 Å². The summed E-state index contributed by atoms with van der Waals surface area (Å²) in [6.07, 6.45) is 0. The maximum atomic E-state index is 13.3. The van der Waals surface area contributed by atoms with Gasteiger partial charge in [0.1, 0.15) is 11.5 Å². The zero-order valence-electron chi connectivity index (χ0n) is 19.4. The predicted molar refractivity (Wildman–Crippen MR) is 130 cm³/mol. The summed E-state index contributed by atoms with van der Waals surface area (Å²) < 4.78 is 10.4. The second kappa shape index (κ2) is 11.2. The van der Waals surface area contributed by atoms with Gasteiger partial charge in [-0.1, -0.05) is 43.9 Å². The second-order valence-corrected chi connectivity index (χ2v) is 7.92. The van der Waals surface area contributed by atoms with Gasteiger partial charge in [-0.15, -0.1) is 0 Å². The summed E-state index contributed by atoms with van der Waals surface area (Å²) in [6.45, 7) is 3.68. The van der Waals surface area contributed by atoms with Crippen molar-refractivity contribution in [1.29, 1.82) is 0 Å². The van der Waals surface area contributed by atoms with Crippen molar-refractivity contribution >= 4 is 11.6 Å². The minimum absolute atomic E-state index is 0.0561. The fourth-order valence-electron chi connectivity index (χ4n) is 3.73. The molecule has 2 atom stereocenters. The van der Waals surface area contributed by atoms with Gasteiger partial charge in [-0.25, -0.2) is 0 Å². The molecule has 3 aromatic rings. The molecular formula is C29H28O4. The number of hydrogen-bond donors (Lipinski definition) is 0. The minimum atomic E-state index is -0.480. The van der Waals surface area contributed by atoms with Gasteiger partial charge in [-0.3, -0.25) is 9.59 Å². The Morgan fingerprint density at radius 3 is 1.48 bits per heavy atom. The molecule has 0 saturated heterocycles. The standard InChI is InChI=1S/C29H28O4/c1-20(28(30)23-11-15-25(32-3)16-12-23)27(19-10-22-8-6-5-7-9-22)21(2)29(31)24-13-17-26(33-4)18-14-24/h5-9,11-18,20-21,27H,1-4H3/t20-,21-/m1/s1. The smallest absolute Gasteiger partial charge is 0.166 e. The summed E-state index contributed by atoms with van der Waals surface area (Å²) in [7, 11) is 3.17. The van der Waals surface area contributed by atoms with Gasteiger partial charge in [0.05, 0.1) is 14.2 Å². The van der Waals surface area contributed by atoms with Crippen LogP contribution in [0.4, 0.5) is 0 Å². The molecule has 0 unspecified atom stereocenters. The number of carbonyl (C=O) groups excluding carboxylic acids is 2. The average Bonchev–Trinajstić information content (AvgIpc) is 2.88. The first-order valence-corrected chi connectivity index (χ1v) is 10.9. The number of hydrogen-bond acceptors (Lipinski definition) is 4. The average molecular weight is 441 g/mol. The zero-order valence-corrected chi connectivity index (χ0v) is 19.4. The molecule has 4 heteroatoms. The molecule has 3 aromatic carbocycles. The summed E-state index contributed by atoms with van der Waals surface area (Å²) in [4.78, 5) is 26.6. The van der Waals surface area contributed by atoms with Crippen molar-refractivity contribution < 1.29 is 19.1 Å². The van der Waals surface area contributed by atoms with E-state index in [0.29, 0.717) is 22.6 Å². The highest BCUT2D eigenvalue weighted by molar-refractivity contribution is 6.01. The van der Waals surface area contributed by atoms with E-state index in [1.807, 2.05) is 44.2 Å². The molecule has 0 aromatic heterocycles. The molecule has 0 radical (unpaired) electrons. The van der Waals surface area contributed by atoms with Gasteiger partial charge in [-0.05, 0) is 60.7 Å². The normalized spacial score (nSPS) is 12.3. The van der Waals surface area contributed by atoms with E-state index in [1.54, 1.807) is 62.8 Å². The molecule has 168 valence electrons. The molecule has 0 fully saturated rings. The Balaban J connectivity index is 1.92. The first kappa shape index (κ1) is 23.8. The molecule has 0 spiro atoms. The molecular weight excluding hydrogens is 412 g/mol. The molecule has 0 amide bonds. The van der Waals surface area contributed by atoms with Crippen molar-refractivity contribution in [3.63, 3.8) is 0 Å². The Morgan fingerprint density at radius 1 is 0.667 bits per heavy atom. The van der Waals surface area contributed by atoms with E-state index >= 15 is 0 Å². The fraction of sp³-hybridized carbons (Fsp3) is 0.241. The number of methoxy groups -OCH3 is 2. The number of ketones is 2. The predicted octanol–water partition coefficient (Wildman–Crippen LogP) is 5.71. The van der Waals surface area contributed by atoms with Gasteiger partial charge in [0.25, 0.3) is 0 Å². The van der Waals surface area contributed by atoms with Gasteiger partial charge >= 0.3 is 0 Å². The topological polar surface area (TPSA) is 52.6 Å². The summed E-state index contributed by atoms with van der Waals surface area (Å²) in [5, 5.41) is 0. The molecule has 0 bridgehead atoms. The lowest BCUT2D eigenvalue weighted by Crippen LogP contribution is -2.30. The van der Waals surface area contributed by atoms with Crippen LogP contribution in [0.1, 0.15) is 40.1 Å². The van der Waals surface area contributed by atoms with Crippen LogP contribution in [-0.2, 0) is 0 Å². The van der Waals surface area contributed by atoms with E-state index in [0.717, 1.165) is 5.56 Å². The Morgan fingerprint density at radius 2 is 1.09 bits per heavy atom. The van der Waals surface area contributed by atoms with Crippen LogP contribution in [0.3, 0.4) is 0 Å². The fourth-order valence-corrected chi connectivity index (χ4v) is 3.73. The molecule has 0 heterocycles. The maximum Gasteiger partial charge on any atom is 0.166 e. The summed E-state index contributed by atoms with van der Waals surface area (Å²) in [6, 6.07) is 23.6. The largest absolute Gasteiger partial charge is 0.497 e. The van der Waals surface area contributed by atoms with Crippen LogP contribution in [0.25, 0.3) is 0 Å². The molecule has 0 aliphatic carbocycles. The molecule has 33 heavy (non-hydrogen) atoms. The van der Waals surface area contributed by atoms with Crippen molar-refractivity contribution in [3.05, 3.63) is 95.6 Å². The lowest BCUT2D eigenvalue weighted by atomic mass is 9.77. The van der Waals surface area contributed by atoms with Crippen LogP contribution in [0, 0.1) is 29.6 Å². The summed E-state index contributed by atoms with van der Waals surface area (Å²) in [5.74, 6) is 6.23. The van der Waals surface area contributed by atoms with E-state index < -0.39 is 17.8 Å². The highest BCUT2D eigenvalue weighted by Crippen LogP contribution is 2.28. The SMILES string of the molecule is COc1ccc(C(=O)[C@H](C)C(C#Cc2ccccc2)[C@@H](C)C(=O)c2ccc(OC)cc2)cc1. The van der Waals surface area contributed by atoms with Crippen LogP contribution in [0.15, 0.2) is 78.9 Å². The van der Waals surface area contributed by atoms with Gasteiger partial charge in [0, 0.05) is 34.4 Å². The van der Waals surface area contributed by atoms with Crippen molar-refractivity contribution in [1.82, 2.24) is 0 Å². The monoisotopic (exact) mass is 440 g/mol. The van der Waals surface area contributed by atoms with Crippen molar-refractivity contribution in [2.45, 2.75) is 13.8 Å². The third kappa shape index (κ3) is 5.90. The van der Waals surface area contributed by atoms with Crippen LogP contribution in [0.5, 0.6) is 11.5 Å². The lowest BCUT2D eigenvalue weighted by molar-refractivity contribution is 0.0824. The Labute approximate surface area is 195 Å². The quantitative estimate of drug-likeness (QED) is 0.333. The highest BCUT2D eigenvalue weighted by Gasteiger charge is 2.32. The number of benzene rings is 3. The van der Waals surface area contributed by atoms with Crippen molar-refractivity contribution in [2.24, 2.45) is 17.8 Å². The molecule has 3 rings (SSSR count). The molecule has 4 nitrogen and oxygen atoms in total. The molecule has 0 saturated carbocycles. The minimum Gasteiger partial charge on any atom is -0.497 e. The van der Waals surface area contributed by atoms with E-state index in [9.17, 15) is 9.59 Å². The third-order valence-electron chi connectivity index (χ3n) is 5.81. The van der Waals surface area contributed by atoms with Crippen molar-refractivity contribution in [3.8, 4) is 23.3 Å². The summed E-state index contributed by atoms with van der Waals surface area (Å²) >= 11 is 0. The van der Waals surface area contributed by atoms with Crippen LogP contribution in [0.2, 0.25) is 0 Å². The van der Waals surface area contributed by atoms with Gasteiger partial charge in [-0.2, -0.15) is 0 Å². The van der Waals surface area contributed by atoms with Crippen molar-refractivity contribution in [2.75, 3.05) is 14.2 Å². The first-order chi connectivity index (χ1) is 15.9. The maximum absolute atomic E-state index is 13.3. The number of Topliss-reactive ketones (excluding diaryl/α,β-unsaturated/α-hetero) is 2. The molecule has 0 aliphatic heterocycles. The Kier molecular flexibility index (Phi) is 8.05. The summed E-state index contributed by atoms with van der Waals surface area (Å²) in [5.41, 5.74) is 1.98. The van der Waals surface area contributed by atoms with Crippen LogP contribution < -0.4 is 9.47 Å². The van der Waals surface area contributed by atoms with E-state index in [1.165, 1.54) is 0 Å². The highest BCUT2D eigenvalue weighted by atomic mass is 16.5. The second-order valence-electron chi connectivity index (χ2n) is 7.92. The Hall–Kier alpha value is -3.84. The van der Waals surface area contributed by atoms with Gasteiger partial charge < -0.3 is 9.47 Å². The van der Waals surface area contributed by atoms with Crippen LogP contribution in [-0.4, -0.2) is 25.8 Å². The lowest BCUT2D eigenvalue weighted by Gasteiger charge is -2.24. The first-order valence-electron chi connectivity index (χ1n) is 10.9. The van der Waals surface area contributed by atoms with Gasteiger partial charge in [0.15, 0.2) is 11.6 Å². The molecule has 0 N–H and O–H groups in total. The molecule has 0 aliphatic rings. The van der Waals surface area contributed by atoms with E-state index in [2.05, 4.69) is 11.8 Å². The van der Waals surface area contributed by atoms with Gasteiger partial charge in [0.2, 0.25) is 0 Å². The third-order valence-corrected chi connectivity index (χ3v) is 5.81. The number of ether oxygens (including phenoxy) is 2. The number of rotatable bonds is 8. The number of carbonyl (C=O) groups is 2.